The van der Waals surface area contributed by atoms with E-state index in [0.29, 0.717) is 5.69 Å². The Morgan fingerprint density at radius 1 is 1.50 bits per heavy atom. The fraction of sp³-hybridized carbons (Fsp3) is 0.364. The summed E-state index contributed by atoms with van der Waals surface area (Å²) in [5, 5.41) is 13.1. The lowest BCUT2D eigenvalue weighted by atomic mass is 10.0. The number of amides is 1. The Bertz CT molecular complexity index is 477. The first-order valence-corrected chi connectivity index (χ1v) is 5.71. The second-order valence-corrected chi connectivity index (χ2v) is 4.59. The third-order valence-corrected chi connectivity index (χ3v) is 2.74. The zero-order valence-corrected chi connectivity index (χ0v) is 10.8. The normalized spacial score (nSPS) is 12.3. The minimum atomic E-state index is -0.640. The van der Waals surface area contributed by atoms with Crippen molar-refractivity contribution < 1.29 is 9.72 Å². The van der Waals surface area contributed by atoms with E-state index in [4.69, 9.17) is 17.3 Å². The summed E-state index contributed by atoms with van der Waals surface area (Å²) < 4.78 is 0. The van der Waals surface area contributed by atoms with Gasteiger partial charge in [0.15, 0.2) is 0 Å². The fourth-order valence-electron chi connectivity index (χ4n) is 1.26. The monoisotopic (exact) mass is 271 g/mol. The Kier molecular flexibility index (Phi) is 4.63. The van der Waals surface area contributed by atoms with Gasteiger partial charge in [0.2, 0.25) is 5.91 Å². The van der Waals surface area contributed by atoms with Crippen LogP contribution in [-0.4, -0.2) is 16.9 Å². The molecule has 0 aromatic heterocycles. The van der Waals surface area contributed by atoms with Gasteiger partial charge in [-0.15, -0.1) is 0 Å². The summed E-state index contributed by atoms with van der Waals surface area (Å²) in [5.74, 6) is -0.353. The molecule has 1 aromatic rings. The number of nitro benzene ring substituents is 1. The summed E-state index contributed by atoms with van der Waals surface area (Å²) in [4.78, 5) is 21.6. The maximum atomic E-state index is 11.7. The Labute approximate surface area is 109 Å². The lowest BCUT2D eigenvalue weighted by Crippen LogP contribution is -2.39. The van der Waals surface area contributed by atoms with Crippen molar-refractivity contribution in [1.29, 1.82) is 0 Å². The summed E-state index contributed by atoms with van der Waals surface area (Å²) in [6.07, 6.45) is 0. The van der Waals surface area contributed by atoms with E-state index in [1.54, 1.807) is 0 Å². The van der Waals surface area contributed by atoms with Gasteiger partial charge in [-0.05, 0) is 18.1 Å². The van der Waals surface area contributed by atoms with Gasteiger partial charge < -0.3 is 11.1 Å². The largest absolute Gasteiger partial charge is 0.325 e. The zero-order valence-electron chi connectivity index (χ0n) is 10.0. The van der Waals surface area contributed by atoms with Gasteiger partial charge in [0.05, 0.1) is 11.0 Å². The van der Waals surface area contributed by atoms with Crippen LogP contribution in [0.4, 0.5) is 11.4 Å². The highest BCUT2D eigenvalue weighted by atomic mass is 35.5. The zero-order chi connectivity index (χ0) is 13.9. The highest BCUT2D eigenvalue weighted by Crippen LogP contribution is 2.27. The Morgan fingerprint density at radius 2 is 2.11 bits per heavy atom. The number of carbonyl (C=O) groups excluding carboxylic acids is 1. The molecule has 1 aromatic carbocycles. The van der Waals surface area contributed by atoms with Gasteiger partial charge in [-0.1, -0.05) is 25.4 Å². The molecular formula is C11H14ClN3O3. The average Bonchev–Trinajstić information content (AvgIpc) is 2.27. The smallest absolute Gasteiger partial charge is 0.288 e. The summed E-state index contributed by atoms with van der Waals surface area (Å²) in [6.45, 7) is 3.65. The molecule has 0 aliphatic heterocycles. The molecule has 3 N–H and O–H groups in total. The van der Waals surface area contributed by atoms with E-state index in [1.165, 1.54) is 18.2 Å². The quantitative estimate of drug-likeness (QED) is 0.647. The second-order valence-electron chi connectivity index (χ2n) is 4.18. The van der Waals surface area contributed by atoms with E-state index >= 15 is 0 Å². The van der Waals surface area contributed by atoms with Crippen LogP contribution in [0.3, 0.4) is 0 Å². The van der Waals surface area contributed by atoms with Crippen molar-refractivity contribution in [2.24, 2.45) is 11.7 Å². The number of benzene rings is 1. The molecule has 7 heteroatoms. The van der Waals surface area contributed by atoms with Crippen LogP contribution in [-0.2, 0) is 4.79 Å². The minimum Gasteiger partial charge on any atom is -0.325 e. The number of hydrogen-bond donors (Lipinski definition) is 2. The van der Waals surface area contributed by atoms with Crippen molar-refractivity contribution in [1.82, 2.24) is 0 Å². The maximum absolute atomic E-state index is 11.7. The standard InChI is InChI=1S/C11H14ClN3O3/c1-6(2)10(13)11(16)14-7-3-4-9(15(17)18)8(12)5-7/h3-6,10H,13H2,1-2H3,(H,14,16). The summed E-state index contributed by atoms with van der Waals surface area (Å²) in [6, 6.07) is 3.33. The molecule has 0 bridgehead atoms. The Morgan fingerprint density at radius 3 is 2.56 bits per heavy atom. The molecule has 1 rings (SSSR count). The predicted octanol–water partition coefficient (Wildman–Crippen LogP) is 2.17. The van der Waals surface area contributed by atoms with Crippen molar-refractivity contribution in [2.75, 3.05) is 5.32 Å². The van der Waals surface area contributed by atoms with Crippen LogP contribution in [0.15, 0.2) is 18.2 Å². The Hall–Kier alpha value is -1.66. The number of nitrogens with zero attached hydrogens (tertiary/aromatic N) is 1. The van der Waals surface area contributed by atoms with E-state index in [2.05, 4.69) is 5.32 Å². The first-order valence-electron chi connectivity index (χ1n) is 5.33. The van der Waals surface area contributed by atoms with E-state index in [0.717, 1.165) is 0 Å². The van der Waals surface area contributed by atoms with Gasteiger partial charge in [0, 0.05) is 11.8 Å². The van der Waals surface area contributed by atoms with Crippen LogP contribution in [0.2, 0.25) is 5.02 Å². The van der Waals surface area contributed by atoms with Gasteiger partial charge in [0.1, 0.15) is 5.02 Å². The molecule has 0 fully saturated rings. The molecule has 0 saturated heterocycles. The molecule has 0 aliphatic carbocycles. The summed E-state index contributed by atoms with van der Waals surface area (Å²) in [5.41, 5.74) is 5.85. The topological polar surface area (TPSA) is 98.3 Å². The number of nitrogens with one attached hydrogen (secondary N) is 1. The fourth-order valence-corrected chi connectivity index (χ4v) is 1.51. The number of rotatable bonds is 4. The van der Waals surface area contributed by atoms with Gasteiger partial charge in [-0.25, -0.2) is 0 Å². The van der Waals surface area contributed by atoms with Crippen molar-refractivity contribution >= 4 is 28.9 Å². The minimum absolute atomic E-state index is 0.00137. The SMILES string of the molecule is CC(C)C(N)C(=O)Nc1ccc([N+](=O)[O-])c(Cl)c1. The van der Waals surface area contributed by atoms with Gasteiger partial charge in [-0.3, -0.25) is 14.9 Å². The van der Waals surface area contributed by atoms with Gasteiger partial charge in [0.25, 0.3) is 5.69 Å². The molecule has 1 unspecified atom stereocenters. The molecule has 1 amide bonds. The number of anilines is 1. The van der Waals surface area contributed by atoms with Crippen molar-refractivity contribution in [3.8, 4) is 0 Å². The molecule has 98 valence electrons. The van der Waals surface area contributed by atoms with Crippen LogP contribution in [0, 0.1) is 16.0 Å². The predicted molar refractivity (Wildman–Crippen MR) is 69.5 cm³/mol. The molecule has 0 saturated carbocycles. The number of carbonyl (C=O) groups is 1. The highest BCUT2D eigenvalue weighted by Gasteiger charge is 2.18. The molecule has 0 radical (unpaired) electrons. The molecule has 18 heavy (non-hydrogen) atoms. The average molecular weight is 272 g/mol. The van der Waals surface area contributed by atoms with E-state index in [1.807, 2.05) is 13.8 Å². The molecule has 0 heterocycles. The lowest BCUT2D eigenvalue weighted by Gasteiger charge is -2.15. The van der Waals surface area contributed by atoms with Crippen LogP contribution < -0.4 is 11.1 Å². The van der Waals surface area contributed by atoms with Crippen molar-refractivity contribution in [3.05, 3.63) is 33.3 Å². The van der Waals surface area contributed by atoms with Gasteiger partial charge >= 0.3 is 0 Å². The van der Waals surface area contributed by atoms with Crippen LogP contribution in [0.1, 0.15) is 13.8 Å². The first kappa shape index (κ1) is 14.4. The lowest BCUT2D eigenvalue weighted by molar-refractivity contribution is -0.384. The number of nitro groups is 1. The van der Waals surface area contributed by atoms with Crippen LogP contribution in [0.25, 0.3) is 0 Å². The molecular weight excluding hydrogens is 258 g/mol. The van der Waals surface area contributed by atoms with E-state index in [-0.39, 0.29) is 22.5 Å². The summed E-state index contributed by atoms with van der Waals surface area (Å²) >= 11 is 5.73. The van der Waals surface area contributed by atoms with E-state index in [9.17, 15) is 14.9 Å². The molecule has 0 spiro atoms. The Balaban J connectivity index is 2.84. The number of nitrogens with two attached hydrogens (primary N) is 1. The van der Waals surface area contributed by atoms with Crippen molar-refractivity contribution in [2.45, 2.75) is 19.9 Å². The maximum Gasteiger partial charge on any atom is 0.288 e. The molecule has 0 aliphatic rings. The second kappa shape index (κ2) is 5.79. The van der Waals surface area contributed by atoms with Crippen molar-refractivity contribution in [3.63, 3.8) is 0 Å². The third kappa shape index (κ3) is 3.41. The third-order valence-electron chi connectivity index (χ3n) is 2.43. The highest BCUT2D eigenvalue weighted by molar-refractivity contribution is 6.33. The first-order chi connectivity index (χ1) is 8.32. The molecule has 6 nitrogen and oxygen atoms in total. The van der Waals surface area contributed by atoms with Crippen LogP contribution in [0.5, 0.6) is 0 Å². The van der Waals surface area contributed by atoms with Gasteiger partial charge in [-0.2, -0.15) is 0 Å². The summed E-state index contributed by atoms with van der Waals surface area (Å²) in [7, 11) is 0. The number of halogens is 1. The van der Waals surface area contributed by atoms with E-state index < -0.39 is 11.0 Å². The van der Waals surface area contributed by atoms with Crippen LogP contribution >= 0.6 is 11.6 Å². The molecule has 1 atom stereocenters. The number of hydrogen-bond acceptors (Lipinski definition) is 4.